The van der Waals surface area contributed by atoms with E-state index in [1.807, 2.05) is 4.90 Å². The van der Waals surface area contributed by atoms with Crippen LogP contribution in [0, 0.1) is 10.1 Å². The van der Waals surface area contributed by atoms with Gasteiger partial charge >= 0.3 is 0 Å². The number of anilines is 1. The fourth-order valence-corrected chi connectivity index (χ4v) is 6.94. The smallest absolute Gasteiger partial charge is 0.270 e. The molecule has 1 aliphatic heterocycles. The van der Waals surface area contributed by atoms with Gasteiger partial charge in [-0.2, -0.15) is 4.31 Å². The highest BCUT2D eigenvalue weighted by molar-refractivity contribution is 7.91. The van der Waals surface area contributed by atoms with Gasteiger partial charge in [-0.05, 0) is 18.2 Å². The first-order chi connectivity index (χ1) is 12.8. The second-order valence-corrected chi connectivity index (χ2v) is 10.7. The van der Waals surface area contributed by atoms with Crippen LogP contribution in [0.3, 0.4) is 0 Å². The van der Waals surface area contributed by atoms with E-state index in [1.165, 1.54) is 33.8 Å². The largest absolute Gasteiger partial charge is 0.345 e. The number of hydrogen-bond acceptors (Lipinski definition) is 8. The molecule has 27 heavy (non-hydrogen) atoms. The summed E-state index contributed by atoms with van der Waals surface area (Å²) < 4.78 is 28.2. The Labute approximate surface area is 167 Å². The van der Waals surface area contributed by atoms with Gasteiger partial charge in [-0.1, -0.05) is 22.9 Å². The number of nitro benzene ring substituents is 1. The van der Waals surface area contributed by atoms with E-state index in [9.17, 15) is 18.5 Å². The molecule has 0 aliphatic carbocycles. The first-order valence-electron chi connectivity index (χ1n) is 7.90. The topological polar surface area (TPSA) is 96.7 Å². The second-order valence-electron chi connectivity index (χ2n) is 5.86. The predicted molar refractivity (Wildman–Crippen MR) is 107 cm³/mol. The molecule has 0 spiro atoms. The van der Waals surface area contributed by atoms with Gasteiger partial charge in [0.25, 0.3) is 15.7 Å². The number of benzene rings is 1. The fourth-order valence-electron chi connectivity index (χ4n) is 2.83. The van der Waals surface area contributed by atoms with Gasteiger partial charge in [0, 0.05) is 38.3 Å². The molecule has 2 aromatic heterocycles. The molecule has 0 bridgehead atoms. The third kappa shape index (κ3) is 3.52. The minimum Gasteiger partial charge on any atom is -0.345 e. The maximum absolute atomic E-state index is 12.7. The number of thiazole rings is 1. The molecule has 4 rings (SSSR count). The lowest BCUT2D eigenvalue weighted by molar-refractivity contribution is -0.384. The Bertz CT molecular complexity index is 1120. The highest BCUT2D eigenvalue weighted by Crippen LogP contribution is 2.33. The van der Waals surface area contributed by atoms with E-state index < -0.39 is 14.9 Å². The number of halogens is 1. The molecule has 1 fully saturated rings. The highest BCUT2D eigenvalue weighted by Gasteiger charge is 2.30. The zero-order valence-corrected chi connectivity index (χ0v) is 16.9. The Morgan fingerprint density at radius 1 is 1.11 bits per heavy atom. The van der Waals surface area contributed by atoms with Crippen LogP contribution in [0.2, 0.25) is 4.34 Å². The zero-order valence-electron chi connectivity index (χ0n) is 13.7. The monoisotopic (exact) mass is 444 g/mol. The molecule has 0 radical (unpaired) electrons. The van der Waals surface area contributed by atoms with Gasteiger partial charge < -0.3 is 4.90 Å². The molecule has 3 heterocycles. The van der Waals surface area contributed by atoms with Gasteiger partial charge in [-0.3, -0.25) is 10.1 Å². The van der Waals surface area contributed by atoms with E-state index in [1.54, 1.807) is 12.1 Å². The summed E-state index contributed by atoms with van der Waals surface area (Å²) in [5.41, 5.74) is 0.729. The molecule has 0 atom stereocenters. The summed E-state index contributed by atoms with van der Waals surface area (Å²) in [6.07, 6.45) is 0. The van der Waals surface area contributed by atoms with Crippen molar-refractivity contribution < 1.29 is 13.3 Å². The van der Waals surface area contributed by atoms with Gasteiger partial charge in [-0.25, -0.2) is 13.4 Å². The number of piperazine rings is 1. The van der Waals surface area contributed by atoms with Crippen molar-refractivity contribution in [3.8, 4) is 0 Å². The molecule has 8 nitrogen and oxygen atoms in total. The van der Waals surface area contributed by atoms with E-state index in [2.05, 4.69) is 4.98 Å². The van der Waals surface area contributed by atoms with Crippen LogP contribution >= 0.6 is 34.3 Å². The first-order valence-corrected chi connectivity index (χ1v) is 11.3. The number of hydrogen-bond donors (Lipinski definition) is 0. The fraction of sp³-hybridized carbons (Fsp3) is 0.267. The maximum atomic E-state index is 12.7. The van der Waals surface area contributed by atoms with E-state index in [0.29, 0.717) is 36.0 Å². The van der Waals surface area contributed by atoms with Crippen molar-refractivity contribution in [3.63, 3.8) is 0 Å². The summed E-state index contributed by atoms with van der Waals surface area (Å²) in [4.78, 5) is 17.0. The van der Waals surface area contributed by atoms with Crippen molar-refractivity contribution in [3.05, 3.63) is 44.8 Å². The number of nitro groups is 1. The van der Waals surface area contributed by atoms with Crippen LogP contribution in [-0.2, 0) is 10.0 Å². The van der Waals surface area contributed by atoms with Crippen LogP contribution in [0.15, 0.2) is 34.5 Å². The number of thiophene rings is 1. The standard InChI is InChI=1S/C15H13ClN4O4S3/c16-13-3-4-14(26-13)27(23,24)19-7-5-18(6-8-19)15-17-11-2-1-10(20(21)22)9-12(11)25-15/h1-4,9H,5-8H2. The lowest BCUT2D eigenvalue weighted by atomic mass is 10.3. The first kappa shape index (κ1) is 18.6. The summed E-state index contributed by atoms with van der Waals surface area (Å²) in [7, 11) is -3.54. The number of nitrogens with zero attached hydrogens (tertiary/aromatic N) is 4. The molecule has 0 amide bonds. The predicted octanol–water partition coefficient (Wildman–Crippen LogP) is 3.43. The second kappa shape index (κ2) is 6.99. The normalized spacial score (nSPS) is 16.1. The van der Waals surface area contributed by atoms with Crippen LogP contribution in [0.5, 0.6) is 0 Å². The number of rotatable bonds is 4. The summed E-state index contributed by atoms with van der Waals surface area (Å²) in [5.74, 6) is 0. The Balaban J connectivity index is 1.51. The average Bonchev–Trinajstić information content (AvgIpc) is 3.27. The Morgan fingerprint density at radius 3 is 2.48 bits per heavy atom. The average molecular weight is 445 g/mol. The molecule has 142 valence electrons. The van der Waals surface area contributed by atoms with Crippen molar-refractivity contribution in [2.45, 2.75) is 4.21 Å². The Morgan fingerprint density at radius 2 is 1.85 bits per heavy atom. The molecule has 0 saturated carbocycles. The van der Waals surface area contributed by atoms with E-state index >= 15 is 0 Å². The third-order valence-corrected chi connectivity index (χ3v) is 8.90. The minimum atomic E-state index is -3.54. The molecule has 0 unspecified atom stereocenters. The summed E-state index contributed by atoms with van der Waals surface area (Å²) >= 11 is 8.28. The molecule has 0 N–H and O–H groups in total. The van der Waals surface area contributed by atoms with Gasteiger partial charge in [0.1, 0.15) is 4.21 Å². The summed E-state index contributed by atoms with van der Waals surface area (Å²) in [5, 5.41) is 11.6. The quantitative estimate of drug-likeness (QED) is 0.451. The van der Waals surface area contributed by atoms with Crippen molar-refractivity contribution in [1.29, 1.82) is 0 Å². The van der Waals surface area contributed by atoms with E-state index in [4.69, 9.17) is 11.6 Å². The molecular formula is C15H13ClN4O4S3. The van der Waals surface area contributed by atoms with Crippen LogP contribution in [-0.4, -0.2) is 48.8 Å². The Hall–Kier alpha value is -1.79. The van der Waals surface area contributed by atoms with Gasteiger partial charge in [0.2, 0.25) is 0 Å². The van der Waals surface area contributed by atoms with Crippen molar-refractivity contribution >= 4 is 65.3 Å². The van der Waals surface area contributed by atoms with Gasteiger partial charge in [0.15, 0.2) is 5.13 Å². The third-order valence-electron chi connectivity index (χ3n) is 4.22. The minimum absolute atomic E-state index is 0.0308. The lowest BCUT2D eigenvalue weighted by Crippen LogP contribution is -2.48. The molecule has 1 saturated heterocycles. The Kier molecular flexibility index (Phi) is 4.80. The number of fused-ring (bicyclic) bond motifs is 1. The van der Waals surface area contributed by atoms with Gasteiger partial charge in [0.05, 0.1) is 19.5 Å². The molecule has 1 aliphatic rings. The molecule has 1 aromatic carbocycles. The molecule has 3 aromatic rings. The van der Waals surface area contributed by atoms with Crippen LogP contribution in [0.4, 0.5) is 10.8 Å². The van der Waals surface area contributed by atoms with E-state index in [-0.39, 0.29) is 9.90 Å². The number of non-ortho nitro benzene ring substituents is 1. The van der Waals surface area contributed by atoms with Crippen molar-refractivity contribution in [2.75, 3.05) is 31.1 Å². The molecule has 12 heteroatoms. The van der Waals surface area contributed by atoms with E-state index in [0.717, 1.165) is 21.2 Å². The zero-order chi connectivity index (χ0) is 19.2. The lowest BCUT2D eigenvalue weighted by Gasteiger charge is -2.33. The maximum Gasteiger partial charge on any atom is 0.270 e. The summed E-state index contributed by atoms with van der Waals surface area (Å²) in [6, 6.07) is 7.68. The van der Waals surface area contributed by atoms with Crippen LogP contribution < -0.4 is 4.90 Å². The van der Waals surface area contributed by atoms with Crippen molar-refractivity contribution in [2.24, 2.45) is 0 Å². The molecular weight excluding hydrogens is 432 g/mol. The number of sulfonamides is 1. The van der Waals surface area contributed by atoms with Gasteiger partial charge in [-0.15, -0.1) is 11.3 Å². The number of aromatic nitrogens is 1. The van der Waals surface area contributed by atoms with Crippen molar-refractivity contribution in [1.82, 2.24) is 9.29 Å². The van der Waals surface area contributed by atoms with Crippen LogP contribution in [0.1, 0.15) is 0 Å². The summed E-state index contributed by atoms with van der Waals surface area (Å²) in [6.45, 7) is 1.68. The van der Waals surface area contributed by atoms with Crippen LogP contribution in [0.25, 0.3) is 10.2 Å². The SMILES string of the molecule is O=[N+]([O-])c1ccc2nc(N3CCN(S(=O)(=O)c4ccc(Cl)s4)CC3)sc2c1. The highest BCUT2D eigenvalue weighted by atomic mass is 35.5.